The number of carbonyl (C=O) groups is 3. The summed E-state index contributed by atoms with van der Waals surface area (Å²) in [7, 11) is -1.73. The topological polar surface area (TPSA) is 194 Å². The van der Waals surface area contributed by atoms with E-state index in [9.17, 15) is 45.2 Å². The summed E-state index contributed by atoms with van der Waals surface area (Å²) in [6, 6.07) is 6.07. The number of alkyl halides is 3. The zero-order valence-corrected chi connectivity index (χ0v) is 37.8. The molecule has 3 aliphatic rings. The fourth-order valence-corrected chi connectivity index (χ4v) is 9.35. The van der Waals surface area contributed by atoms with E-state index in [-0.39, 0.29) is 34.1 Å². The Bertz CT molecular complexity index is 2530. The van der Waals surface area contributed by atoms with E-state index in [2.05, 4.69) is 40.4 Å². The fourth-order valence-electron chi connectivity index (χ4n) is 7.04. The first-order chi connectivity index (χ1) is 29.4. The summed E-state index contributed by atoms with van der Waals surface area (Å²) in [6.07, 6.45) is 0.00651. The number of anilines is 1. The van der Waals surface area contributed by atoms with Gasteiger partial charge in [-0.3, -0.25) is 23.9 Å². The summed E-state index contributed by atoms with van der Waals surface area (Å²) in [4.78, 5) is 57.7. The largest absolute Gasteiger partial charge is 0.496 e. The van der Waals surface area contributed by atoms with E-state index in [4.69, 9.17) is 10.5 Å². The molecular weight excluding hydrogens is 865 g/mol. The molecule has 4 aromatic rings. The second-order valence-corrected chi connectivity index (χ2v) is 20.1. The monoisotopic (exact) mass is 918 g/mol. The van der Waals surface area contributed by atoms with Crippen LogP contribution in [0.4, 0.5) is 23.2 Å². The van der Waals surface area contributed by atoms with E-state index in [1.807, 2.05) is 18.4 Å². The highest BCUT2D eigenvalue weighted by Gasteiger charge is 2.45. The van der Waals surface area contributed by atoms with Gasteiger partial charge >= 0.3 is 6.18 Å². The maximum atomic E-state index is 13.5. The number of H-pyrrole nitrogens is 1. The van der Waals surface area contributed by atoms with Crippen LogP contribution in [0.5, 0.6) is 5.75 Å². The molecule has 63 heavy (non-hydrogen) atoms. The number of fused-ring (bicyclic) bond motifs is 1. The molecule has 2 saturated carbocycles. The van der Waals surface area contributed by atoms with Crippen molar-refractivity contribution in [1.82, 2.24) is 19.6 Å². The number of amides is 3. The number of likely N-dealkylation sites (tertiary alicyclic amines) is 1. The molecule has 2 aliphatic carbocycles. The molecule has 342 valence electrons. The number of aromatic nitrogens is 2. The first-order valence-corrected chi connectivity index (χ1v) is 22.9. The van der Waals surface area contributed by atoms with E-state index >= 15 is 0 Å². The van der Waals surface area contributed by atoms with E-state index < -0.39 is 56.9 Å². The standard InChI is InChI=1S/C18H23F4N3O2.C17H18N2O2S.C9H13NO3S/c1-17(2,3)14(16(27)25-8-4-5-13(25)15(23)26)24-10-6-7-12(19)11(9-10)18(20,21)22;1-9(2)13-8-22-17(19-13)12-7-14(20)11-5-6-15(21-4)10(3)16(11)18-12;1-2-6-5-8(6)9(11)10-14(12,13)7-3-4-7/h6-7,9,13-14,24H,4-5,8H2,1-3H3,(H2,23,26);5-9H,1-4H3,(H,18,20);2,6-8H,1,3-5H2,(H,10,11). The Morgan fingerprint density at radius 3 is 2.32 bits per heavy atom. The second kappa shape index (κ2) is 19.2. The lowest BCUT2D eigenvalue weighted by atomic mass is 9.85. The number of hydrogen-bond donors (Lipinski definition) is 4. The van der Waals surface area contributed by atoms with Crippen molar-refractivity contribution in [3.05, 3.63) is 87.3 Å². The van der Waals surface area contributed by atoms with Crippen molar-refractivity contribution >= 4 is 55.7 Å². The van der Waals surface area contributed by atoms with Gasteiger partial charge in [-0.25, -0.2) is 17.8 Å². The summed E-state index contributed by atoms with van der Waals surface area (Å²) in [5.74, 6) is -1.65. The first kappa shape index (κ1) is 48.7. The molecule has 3 amide bonds. The average Bonchev–Trinajstić information content (AvgIpc) is 4.11. The van der Waals surface area contributed by atoms with Crippen LogP contribution >= 0.6 is 11.3 Å². The number of halogens is 4. The smallest absolute Gasteiger partial charge is 0.419 e. The van der Waals surface area contributed by atoms with E-state index in [0.717, 1.165) is 45.7 Å². The Morgan fingerprint density at radius 2 is 1.78 bits per heavy atom. The molecule has 7 rings (SSSR count). The molecule has 2 aromatic carbocycles. The number of primary amides is 1. The predicted molar refractivity (Wildman–Crippen MR) is 235 cm³/mol. The Labute approximate surface area is 367 Å². The van der Waals surface area contributed by atoms with Gasteiger partial charge in [-0.1, -0.05) is 40.7 Å². The highest BCUT2D eigenvalue weighted by atomic mass is 32.2. The van der Waals surface area contributed by atoms with Gasteiger partial charge in [0, 0.05) is 40.5 Å². The number of aromatic amines is 1. The zero-order chi connectivity index (χ0) is 46.8. The number of nitrogens with zero attached hydrogens (tertiary/aromatic N) is 2. The van der Waals surface area contributed by atoms with Crippen molar-refractivity contribution in [3.63, 3.8) is 0 Å². The molecule has 2 aromatic heterocycles. The number of allylic oxidation sites excluding steroid dienone is 1. The summed E-state index contributed by atoms with van der Waals surface area (Å²) in [5.41, 5.74) is 6.75. The number of nitrogens with two attached hydrogens (primary N) is 1. The predicted octanol–water partition coefficient (Wildman–Crippen LogP) is 7.66. The van der Waals surface area contributed by atoms with Crippen molar-refractivity contribution in [2.24, 2.45) is 23.0 Å². The average molecular weight is 919 g/mol. The number of hydrogen-bond acceptors (Lipinski definition) is 10. The number of rotatable bonds is 11. The van der Waals surface area contributed by atoms with Gasteiger partial charge in [-0.05, 0) is 86.6 Å². The van der Waals surface area contributed by atoms with Gasteiger partial charge in [0.25, 0.3) is 0 Å². The summed E-state index contributed by atoms with van der Waals surface area (Å²) in [6.45, 7) is 15.3. The highest BCUT2D eigenvalue weighted by molar-refractivity contribution is 7.90. The summed E-state index contributed by atoms with van der Waals surface area (Å²) >= 11 is 1.55. The van der Waals surface area contributed by atoms with Gasteiger partial charge < -0.3 is 25.7 Å². The fraction of sp³-hybridized carbons (Fsp3) is 0.477. The van der Waals surface area contributed by atoms with Crippen molar-refractivity contribution in [3.8, 4) is 16.5 Å². The van der Waals surface area contributed by atoms with Gasteiger partial charge in [0.05, 0.1) is 34.8 Å². The number of thiazole rings is 1. The van der Waals surface area contributed by atoms with Crippen molar-refractivity contribution in [2.75, 3.05) is 19.0 Å². The van der Waals surface area contributed by atoms with Crippen LogP contribution in [0.2, 0.25) is 0 Å². The molecule has 3 heterocycles. The Balaban J connectivity index is 0.000000186. The summed E-state index contributed by atoms with van der Waals surface area (Å²) < 4.78 is 82.6. The molecule has 1 saturated heterocycles. The lowest BCUT2D eigenvalue weighted by Crippen LogP contribution is -2.53. The normalized spacial score (nSPS) is 19.0. The molecule has 4 unspecified atom stereocenters. The van der Waals surface area contributed by atoms with Crippen LogP contribution < -0.4 is 25.9 Å². The van der Waals surface area contributed by atoms with Crippen LogP contribution in [0.25, 0.3) is 21.6 Å². The maximum Gasteiger partial charge on any atom is 0.419 e. The Kier molecular flexibility index (Phi) is 14.9. The molecule has 19 heteroatoms. The van der Waals surface area contributed by atoms with Crippen molar-refractivity contribution < 1.29 is 45.1 Å². The van der Waals surface area contributed by atoms with Gasteiger partial charge in [0.1, 0.15) is 28.7 Å². The number of methoxy groups -OCH3 is 1. The zero-order valence-electron chi connectivity index (χ0n) is 36.2. The van der Waals surface area contributed by atoms with Gasteiger partial charge in [0.2, 0.25) is 27.7 Å². The van der Waals surface area contributed by atoms with Crippen LogP contribution in [-0.4, -0.2) is 72.0 Å². The Hall–Kier alpha value is -5.30. The molecule has 3 fully saturated rings. The minimum absolute atomic E-state index is 0.00389. The maximum absolute atomic E-state index is 13.5. The van der Waals surface area contributed by atoms with Crippen LogP contribution in [0, 0.1) is 30.0 Å². The third-order valence-corrected chi connectivity index (χ3v) is 13.8. The van der Waals surface area contributed by atoms with E-state index in [1.165, 1.54) is 4.90 Å². The van der Waals surface area contributed by atoms with E-state index in [0.29, 0.717) is 55.7 Å². The number of ether oxygens (including phenoxy) is 1. The quantitative estimate of drug-likeness (QED) is 0.0864. The molecule has 13 nitrogen and oxygen atoms in total. The molecule has 5 N–H and O–H groups in total. The number of carbonyl (C=O) groups excluding carboxylic acids is 3. The SMILES string of the molecule is C=CC1CC1C(=O)NS(=O)(=O)C1CC1.CC(C)(C)C(Nc1ccc(F)c(C(F)(F)F)c1)C(=O)N1CCCC1C(N)=O.COc1ccc2c(=O)cc(-c3nc(C(C)C)cs3)[nH]c2c1C. The molecule has 4 atom stereocenters. The van der Waals surface area contributed by atoms with Crippen LogP contribution in [0.3, 0.4) is 0 Å². The molecule has 0 radical (unpaired) electrons. The van der Waals surface area contributed by atoms with Crippen LogP contribution in [0.1, 0.15) is 89.5 Å². The highest BCUT2D eigenvalue weighted by Crippen LogP contribution is 2.40. The number of nitrogens with one attached hydrogen (secondary N) is 3. The van der Waals surface area contributed by atoms with Gasteiger partial charge in [-0.15, -0.1) is 17.9 Å². The number of sulfonamides is 1. The number of pyridine rings is 1. The van der Waals surface area contributed by atoms with Gasteiger partial charge in [-0.2, -0.15) is 13.2 Å². The van der Waals surface area contributed by atoms with Gasteiger partial charge in [0.15, 0.2) is 5.43 Å². The number of aryl methyl sites for hydroxylation is 1. The molecule has 0 bridgehead atoms. The van der Waals surface area contributed by atoms with Crippen molar-refractivity contribution in [2.45, 2.75) is 103 Å². The molecule has 1 aliphatic heterocycles. The van der Waals surface area contributed by atoms with E-state index in [1.54, 1.807) is 57.4 Å². The number of benzene rings is 2. The minimum Gasteiger partial charge on any atom is -0.496 e. The van der Waals surface area contributed by atoms with Crippen molar-refractivity contribution in [1.29, 1.82) is 0 Å². The first-order valence-electron chi connectivity index (χ1n) is 20.4. The molecule has 0 spiro atoms. The minimum atomic E-state index is -4.85. The van der Waals surface area contributed by atoms with Crippen LogP contribution in [-0.2, 0) is 30.6 Å². The Morgan fingerprint density at radius 1 is 1.10 bits per heavy atom. The third-order valence-electron chi connectivity index (χ3n) is 11.0. The van der Waals surface area contributed by atoms with Crippen LogP contribution in [0.15, 0.2) is 59.2 Å². The third kappa shape index (κ3) is 11.8. The summed E-state index contributed by atoms with van der Waals surface area (Å²) in [5, 5.41) is 6.01. The second-order valence-electron chi connectivity index (χ2n) is 17.3. The molecular formula is C44H54F4N6O7S2. The lowest BCUT2D eigenvalue weighted by Gasteiger charge is -2.35. The lowest BCUT2D eigenvalue weighted by molar-refractivity contribution is -0.140.